The summed E-state index contributed by atoms with van der Waals surface area (Å²) in [5.41, 5.74) is 6.65. The van der Waals surface area contributed by atoms with Crippen molar-refractivity contribution in [2.45, 2.75) is 18.9 Å². The van der Waals surface area contributed by atoms with Crippen molar-refractivity contribution in [1.82, 2.24) is 4.98 Å². The molecule has 1 aliphatic rings. The maximum Gasteiger partial charge on any atom is 0.127 e. The summed E-state index contributed by atoms with van der Waals surface area (Å²) in [6.07, 6.45) is 5.94. The minimum absolute atomic E-state index is 0.222. The first kappa shape index (κ1) is 11.3. The van der Waals surface area contributed by atoms with Gasteiger partial charge < -0.3 is 15.2 Å². The van der Waals surface area contributed by atoms with E-state index in [9.17, 15) is 0 Å². The van der Waals surface area contributed by atoms with Crippen molar-refractivity contribution in [3.8, 4) is 5.75 Å². The zero-order chi connectivity index (χ0) is 12.4. The smallest absolute Gasteiger partial charge is 0.127 e. The second-order valence-electron chi connectivity index (χ2n) is 4.52. The highest BCUT2D eigenvalue weighted by atomic mass is 16.5. The van der Waals surface area contributed by atoms with Gasteiger partial charge in [0.05, 0.1) is 6.10 Å². The number of hydrogen-bond donors (Lipinski definition) is 1. The van der Waals surface area contributed by atoms with Crippen LogP contribution in [0.2, 0.25) is 0 Å². The minimum Gasteiger partial charge on any atom is -0.490 e. The van der Waals surface area contributed by atoms with E-state index in [4.69, 9.17) is 15.2 Å². The summed E-state index contributed by atoms with van der Waals surface area (Å²) in [6.45, 7) is 1.45. The van der Waals surface area contributed by atoms with Gasteiger partial charge in [-0.05, 0) is 31.0 Å². The molecule has 1 aromatic carbocycles. The van der Waals surface area contributed by atoms with E-state index < -0.39 is 0 Å². The molecular formula is C14H16N2O2. The Kier molecular flexibility index (Phi) is 3.02. The highest BCUT2D eigenvalue weighted by molar-refractivity contribution is 5.96. The second-order valence-corrected chi connectivity index (χ2v) is 4.52. The predicted molar refractivity (Wildman–Crippen MR) is 70.6 cm³/mol. The maximum atomic E-state index is 5.92. The Labute approximate surface area is 106 Å². The molecule has 0 radical (unpaired) electrons. The van der Waals surface area contributed by atoms with Crippen LogP contribution in [0, 0.1) is 0 Å². The predicted octanol–water partition coefficient (Wildman–Crippen LogP) is 2.37. The van der Waals surface area contributed by atoms with E-state index >= 15 is 0 Å². The molecule has 1 aliphatic heterocycles. The van der Waals surface area contributed by atoms with Crippen molar-refractivity contribution in [2.75, 3.05) is 18.9 Å². The lowest BCUT2D eigenvalue weighted by Crippen LogP contribution is -2.16. The molecule has 0 amide bonds. The fourth-order valence-corrected chi connectivity index (χ4v) is 2.27. The molecule has 3 rings (SSSR count). The molecule has 1 saturated heterocycles. The summed E-state index contributed by atoms with van der Waals surface area (Å²) in [5, 5.41) is 1.94. The first-order chi connectivity index (χ1) is 8.84. The minimum atomic E-state index is 0.222. The zero-order valence-corrected chi connectivity index (χ0v) is 10.1. The van der Waals surface area contributed by atoms with Crippen LogP contribution in [0.5, 0.6) is 5.75 Å². The number of ether oxygens (including phenoxy) is 2. The Morgan fingerprint density at radius 1 is 1.33 bits per heavy atom. The van der Waals surface area contributed by atoms with Gasteiger partial charge in [0, 0.05) is 35.5 Å². The van der Waals surface area contributed by atoms with Crippen LogP contribution in [0.4, 0.5) is 5.69 Å². The normalized spacial score (nSPS) is 19.2. The molecule has 0 saturated carbocycles. The van der Waals surface area contributed by atoms with Crippen LogP contribution in [0.1, 0.15) is 12.8 Å². The molecule has 18 heavy (non-hydrogen) atoms. The van der Waals surface area contributed by atoms with Gasteiger partial charge in [-0.25, -0.2) is 0 Å². The lowest BCUT2D eigenvalue weighted by atomic mass is 10.1. The molecular weight excluding hydrogens is 228 g/mol. The Balaban J connectivity index is 1.85. The molecule has 4 nitrogen and oxygen atoms in total. The molecule has 0 aliphatic carbocycles. The Bertz CT molecular complexity index is 550. The number of nitrogens with two attached hydrogens (primary N) is 1. The van der Waals surface area contributed by atoms with Gasteiger partial charge in [0.25, 0.3) is 0 Å². The van der Waals surface area contributed by atoms with Crippen LogP contribution >= 0.6 is 0 Å². The lowest BCUT2D eigenvalue weighted by molar-refractivity contribution is 0.0685. The molecule has 1 fully saturated rings. The van der Waals surface area contributed by atoms with E-state index in [-0.39, 0.29) is 6.10 Å². The Hall–Kier alpha value is -1.81. The van der Waals surface area contributed by atoms with Crippen LogP contribution in [0.15, 0.2) is 30.6 Å². The van der Waals surface area contributed by atoms with Gasteiger partial charge in [-0.3, -0.25) is 4.98 Å². The number of nitrogens with zero attached hydrogens (tertiary/aromatic N) is 1. The molecule has 0 bridgehead atoms. The summed E-state index contributed by atoms with van der Waals surface area (Å²) in [6, 6.07) is 5.69. The topological polar surface area (TPSA) is 57.4 Å². The number of hydrogen-bond acceptors (Lipinski definition) is 4. The van der Waals surface area contributed by atoms with Crippen molar-refractivity contribution >= 4 is 16.5 Å². The summed E-state index contributed by atoms with van der Waals surface area (Å²) in [7, 11) is 0. The number of fused-ring (bicyclic) bond motifs is 1. The molecule has 1 atom stereocenters. The number of aromatic nitrogens is 1. The van der Waals surface area contributed by atoms with Gasteiger partial charge in [0.2, 0.25) is 0 Å². The highest BCUT2D eigenvalue weighted by Gasteiger charge is 2.16. The van der Waals surface area contributed by atoms with Gasteiger partial charge >= 0.3 is 0 Å². The van der Waals surface area contributed by atoms with E-state index in [0.717, 1.165) is 41.7 Å². The molecule has 2 heterocycles. The molecule has 1 aromatic heterocycles. The van der Waals surface area contributed by atoms with E-state index in [1.54, 1.807) is 12.4 Å². The lowest BCUT2D eigenvalue weighted by Gasteiger charge is -2.13. The van der Waals surface area contributed by atoms with Crippen molar-refractivity contribution < 1.29 is 9.47 Å². The molecule has 1 unspecified atom stereocenters. The van der Waals surface area contributed by atoms with Gasteiger partial charge in [0.15, 0.2) is 0 Å². The summed E-state index contributed by atoms with van der Waals surface area (Å²) in [4.78, 5) is 4.09. The first-order valence-electron chi connectivity index (χ1n) is 6.21. The van der Waals surface area contributed by atoms with Gasteiger partial charge in [0.1, 0.15) is 12.4 Å². The van der Waals surface area contributed by atoms with E-state index in [1.807, 2.05) is 18.2 Å². The third-order valence-corrected chi connectivity index (χ3v) is 3.26. The second kappa shape index (κ2) is 4.82. The maximum absolute atomic E-state index is 5.92. The van der Waals surface area contributed by atoms with E-state index in [0.29, 0.717) is 6.61 Å². The van der Waals surface area contributed by atoms with Crippen LogP contribution < -0.4 is 10.5 Å². The standard InChI is InChI=1S/C14H16N2O2/c15-13-3-4-14(11-5-6-16-8-12(11)13)18-9-10-2-1-7-17-10/h3-6,8,10H,1-2,7,9,15H2. The summed E-state index contributed by atoms with van der Waals surface area (Å²) in [5.74, 6) is 0.845. The van der Waals surface area contributed by atoms with Crippen LogP contribution in [0.3, 0.4) is 0 Å². The third kappa shape index (κ3) is 2.11. The van der Waals surface area contributed by atoms with Crippen molar-refractivity contribution in [3.05, 3.63) is 30.6 Å². The Morgan fingerprint density at radius 2 is 2.28 bits per heavy atom. The number of pyridine rings is 1. The zero-order valence-electron chi connectivity index (χ0n) is 10.1. The van der Waals surface area contributed by atoms with Crippen molar-refractivity contribution in [1.29, 1.82) is 0 Å². The number of anilines is 1. The molecule has 4 heteroatoms. The summed E-state index contributed by atoms with van der Waals surface area (Å²) < 4.78 is 11.4. The van der Waals surface area contributed by atoms with Crippen LogP contribution in [-0.4, -0.2) is 24.3 Å². The average Bonchev–Trinajstić information content (AvgIpc) is 2.92. The fourth-order valence-electron chi connectivity index (χ4n) is 2.27. The van der Waals surface area contributed by atoms with E-state index in [2.05, 4.69) is 4.98 Å². The van der Waals surface area contributed by atoms with E-state index in [1.165, 1.54) is 0 Å². The molecule has 94 valence electrons. The molecule has 2 N–H and O–H groups in total. The largest absolute Gasteiger partial charge is 0.490 e. The van der Waals surface area contributed by atoms with Gasteiger partial charge in [-0.2, -0.15) is 0 Å². The van der Waals surface area contributed by atoms with Gasteiger partial charge in [-0.1, -0.05) is 0 Å². The fraction of sp³-hybridized carbons (Fsp3) is 0.357. The van der Waals surface area contributed by atoms with Crippen LogP contribution in [0.25, 0.3) is 10.8 Å². The Morgan fingerprint density at radius 3 is 3.11 bits per heavy atom. The number of rotatable bonds is 3. The highest BCUT2D eigenvalue weighted by Crippen LogP contribution is 2.29. The molecule has 0 spiro atoms. The van der Waals surface area contributed by atoms with Crippen LogP contribution in [-0.2, 0) is 4.74 Å². The third-order valence-electron chi connectivity index (χ3n) is 3.26. The number of benzene rings is 1. The van der Waals surface area contributed by atoms with Gasteiger partial charge in [-0.15, -0.1) is 0 Å². The molecule has 2 aromatic rings. The van der Waals surface area contributed by atoms with Crippen molar-refractivity contribution in [3.63, 3.8) is 0 Å². The summed E-state index contributed by atoms with van der Waals surface area (Å²) >= 11 is 0. The quantitative estimate of drug-likeness (QED) is 0.842. The first-order valence-corrected chi connectivity index (χ1v) is 6.21. The van der Waals surface area contributed by atoms with Crippen molar-refractivity contribution in [2.24, 2.45) is 0 Å². The monoisotopic (exact) mass is 244 g/mol. The average molecular weight is 244 g/mol. The SMILES string of the molecule is Nc1ccc(OCC2CCCO2)c2ccncc12. The number of nitrogen functional groups attached to an aromatic ring is 1.